The summed E-state index contributed by atoms with van der Waals surface area (Å²) >= 11 is 0. The van der Waals surface area contributed by atoms with Crippen LogP contribution in [0.15, 0.2) is 340 Å². The van der Waals surface area contributed by atoms with E-state index in [9.17, 15) is 0 Å². The molecule has 396 valence electrons. The van der Waals surface area contributed by atoms with Crippen LogP contribution in [0.2, 0.25) is 0 Å². The zero-order chi connectivity index (χ0) is 55.9. The van der Waals surface area contributed by atoms with Crippen LogP contribution >= 0.6 is 0 Å². The van der Waals surface area contributed by atoms with Crippen LogP contribution in [0.25, 0.3) is 77.5 Å². The smallest absolute Gasteiger partial charge is 0.0414 e. The van der Waals surface area contributed by atoms with Crippen molar-refractivity contribution in [2.75, 3.05) is 35.8 Å². The lowest BCUT2D eigenvalue weighted by Gasteiger charge is -2.21. The number of fused-ring (bicyclic) bond motifs is 1. The van der Waals surface area contributed by atoms with Crippen LogP contribution in [0.3, 0.4) is 0 Å². The molecule has 0 aliphatic carbocycles. The van der Waals surface area contributed by atoms with Crippen LogP contribution < -0.4 is 14.7 Å². The Balaban J connectivity index is 0.000000131. The molecule has 13 rings (SSSR count). The fourth-order valence-electron chi connectivity index (χ4n) is 10.2. The van der Waals surface area contributed by atoms with Crippen LogP contribution in [0.1, 0.15) is 0 Å². The molecule has 0 radical (unpaired) electrons. The molecule has 0 spiro atoms. The van der Waals surface area contributed by atoms with Crippen molar-refractivity contribution in [3.63, 3.8) is 0 Å². The van der Waals surface area contributed by atoms with E-state index in [1.165, 1.54) is 112 Å². The fraction of sp³-hybridized carbons (Fsp3) is 0.0380. The Kier molecular flexibility index (Phi) is 17.0. The summed E-state index contributed by atoms with van der Waals surface area (Å²) in [6, 6.07) is 120. The molecule has 0 N–H and O–H groups in total. The summed E-state index contributed by atoms with van der Waals surface area (Å²) in [5.74, 6) is 0. The predicted molar refractivity (Wildman–Crippen MR) is 353 cm³/mol. The van der Waals surface area contributed by atoms with Gasteiger partial charge in [-0.05, 0) is 150 Å². The third kappa shape index (κ3) is 13.2. The highest BCUT2D eigenvalue weighted by atomic mass is 15.1. The molecule has 0 aliphatic rings. The topological polar surface area (TPSA) is 9.72 Å². The fourth-order valence-corrected chi connectivity index (χ4v) is 10.2. The van der Waals surface area contributed by atoms with E-state index in [1.807, 2.05) is 24.3 Å². The molecule has 0 fully saturated rings. The molecule has 3 heteroatoms. The molecule has 0 aliphatic heterocycles. The monoisotopic (exact) mass is 1060 g/mol. The second-order valence-corrected chi connectivity index (χ2v) is 20.4. The molecular formula is C79H65N3. The Morgan fingerprint density at radius 1 is 0.146 bits per heavy atom. The van der Waals surface area contributed by atoms with Crippen molar-refractivity contribution in [2.24, 2.45) is 0 Å². The van der Waals surface area contributed by atoms with Gasteiger partial charge in [0.05, 0.1) is 0 Å². The SMILES string of the molecule is CN(c1ccc(-c2ccccc2)cc1)c1ccc(-c2ccc(-c3ccccc3)cc2)cc1.CN(c1ccc(-c2ccccc2)cc1)c1ccc(-c2ccccc2)cc1.CN(c1cccc(-c2ccccc2)c1)c1ccc2ccccc2c1. The molecule has 0 unspecified atom stereocenters. The molecule has 0 aromatic heterocycles. The summed E-state index contributed by atoms with van der Waals surface area (Å²) in [5, 5.41) is 2.54. The summed E-state index contributed by atoms with van der Waals surface area (Å²) < 4.78 is 0. The van der Waals surface area contributed by atoms with E-state index in [1.54, 1.807) is 0 Å². The third-order valence-electron chi connectivity index (χ3n) is 15.1. The molecule has 0 bridgehead atoms. The third-order valence-corrected chi connectivity index (χ3v) is 15.1. The first kappa shape index (κ1) is 53.5. The number of anilines is 6. The van der Waals surface area contributed by atoms with Gasteiger partial charge in [0, 0.05) is 55.3 Å². The van der Waals surface area contributed by atoms with Gasteiger partial charge in [-0.15, -0.1) is 0 Å². The van der Waals surface area contributed by atoms with Crippen LogP contribution in [0.5, 0.6) is 0 Å². The van der Waals surface area contributed by atoms with Crippen molar-refractivity contribution in [1.82, 2.24) is 0 Å². The highest BCUT2D eigenvalue weighted by Crippen LogP contribution is 2.34. The minimum atomic E-state index is 1.17. The number of nitrogens with zero attached hydrogens (tertiary/aromatic N) is 3. The second kappa shape index (κ2) is 26.0. The van der Waals surface area contributed by atoms with Crippen LogP contribution in [-0.2, 0) is 0 Å². The number of benzene rings is 13. The van der Waals surface area contributed by atoms with Gasteiger partial charge >= 0.3 is 0 Å². The van der Waals surface area contributed by atoms with Crippen LogP contribution in [0.4, 0.5) is 34.1 Å². The first-order valence-electron chi connectivity index (χ1n) is 28.0. The van der Waals surface area contributed by atoms with Crippen LogP contribution in [0, 0.1) is 0 Å². The maximum absolute atomic E-state index is 2.24. The summed E-state index contributed by atoms with van der Waals surface area (Å²) in [6.07, 6.45) is 0. The average molecular weight is 1060 g/mol. The largest absolute Gasteiger partial charge is 0.345 e. The van der Waals surface area contributed by atoms with Crippen molar-refractivity contribution in [3.05, 3.63) is 340 Å². The number of hydrogen-bond acceptors (Lipinski definition) is 3. The minimum absolute atomic E-state index is 1.17. The Bertz CT molecular complexity index is 3970. The van der Waals surface area contributed by atoms with Gasteiger partial charge in [-0.2, -0.15) is 0 Å². The van der Waals surface area contributed by atoms with Crippen molar-refractivity contribution in [1.29, 1.82) is 0 Å². The molecule has 0 atom stereocenters. The molecule has 3 nitrogen and oxygen atoms in total. The molecule has 13 aromatic rings. The van der Waals surface area contributed by atoms with Crippen molar-refractivity contribution < 1.29 is 0 Å². The molecule has 82 heavy (non-hydrogen) atoms. The first-order valence-corrected chi connectivity index (χ1v) is 28.0. The van der Waals surface area contributed by atoms with Gasteiger partial charge in [-0.3, -0.25) is 0 Å². The van der Waals surface area contributed by atoms with Gasteiger partial charge in [-0.25, -0.2) is 0 Å². The van der Waals surface area contributed by atoms with Gasteiger partial charge in [0.2, 0.25) is 0 Å². The molecule has 0 saturated carbocycles. The number of hydrogen-bond donors (Lipinski definition) is 0. The van der Waals surface area contributed by atoms with Crippen molar-refractivity contribution >= 4 is 44.9 Å². The normalized spacial score (nSPS) is 10.6. The van der Waals surface area contributed by atoms with Gasteiger partial charge in [-0.1, -0.05) is 267 Å². The molecule has 0 heterocycles. The maximum atomic E-state index is 2.24. The lowest BCUT2D eigenvalue weighted by atomic mass is 10.00. The van der Waals surface area contributed by atoms with Gasteiger partial charge < -0.3 is 14.7 Å². The summed E-state index contributed by atoms with van der Waals surface area (Å²) in [4.78, 5) is 6.67. The summed E-state index contributed by atoms with van der Waals surface area (Å²) in [7, 11) is 6.34. The van der Waals surface area contributed by atoms with E-state index in [2.05, 4.69) is 351 Å². The minimum Gasteiger partial charge on any atom is -0.345 e. The summed E-state index contributed by atoms with van der Waals surface area (Å²) in [6.45, 7) is 0. The zero-order valence-electron chi connectivity index (χ0n) is 46.7. The number of rotatable bonds is 12. The van der Waals surface area contributed by atoms with E-state index in [0.29, 0.717) is 0 Å². The molecular weight excluding hydrogens is 991 g/mol. The molecule has 0 amide bonds. The standard InChI is InChI=1S/C31H25N.C25H21N.C23H19N/c1-32(30-20-16-28(17-21-30)25-10-6-3-7-11-25)31-22-18-29(19-23-31)27-14-12-26(13-15-27)24-8-4-2-5-9-24;1-26(24-16-12-22(13-17-24)20-8-4-2-5-9-20)25-18-14-23(15-19-25)21-10-6-3-7-11-21;1-24(23-15-14-19-10-5-6-11-20(19)17-23)22-13-7-12-21(16-22)18-8-3-2-4-9-18/h2-23H,1H3;2-19H,1H3;2-17H,1H3. The summed E-state index contributed by atoms with van der Waals surface area (Å²) in [5.41, 5.74) is 21.9. The van der Waals surface area contributed by atoms with E-state index in [-0.39, 0.29) is 0 Å². The van der Waals surface area contributed by atoms with E-state index in [0.717, 1.165) is 0 Å². The lowest BCUT2D eigenvalue weighted by Crippen LogP contribution is -2.09. The van der Waals surface area contributed by atoms with E-state index >= 15 is 0 Å². The highest BCUT2D eigenvalue weighted by molar-refractivity contribution is 5.87. The highest BCUT2D eigenvalue weighted by Gasteiger charge is 2.10. The van der Waals surface area contributed by atoms with E-state index in [4.69, 9.17) is 0 Å². The molecule has 0 saturated heterocycles. The molecule has 13 aromatic carbocycles. The first-order chi connectivity index (χ1) is 40.4. The average Bonchev–Trinajstić information content (AvgIpc) is 3.63. The van der Waals surface area contributed by atoms with Crippen molar-refractivity contribution in [3.8, 4) is 66.8 Å². The van der Waals surface area contributed by atoms with Gasteiger partial charge in [0.15, 0.2) is 0 Å². The second-order valence-electron chi connectivity index (χ2n) is 20.4. The quantitative estimate of drug-likeness (QED) is 0.121. The van der Waals surface area contributed by atoms with Gasteiger partial charge in [0.25, 0.3) is 0 Å². The Morgan fingerprint density at radius 2 is 0.366 bits per heavy atom. The van der Waals surface area contributed by atoms with Gasteiger partial charge in [0.1, 0.15) is 0 Å². The van der Waals surface area contributed by atoms with E-state index < -0.39 is 0 Å². The Hall–Kier alpha value is -10.5. The van der Waals surface area contributed by atoms with Crippen molar-refractivity contribution in [2.45, 2.75) is 0 Å². The maximum Gasteiger partial charge on any atom is 0.0414 e. The Morgan fingerprint density at radius 3 is 0.695 bits per heavy atom. The zero-order valence-corrected chi connectivity index (χ0v) is 46.7. The predicted octanol–water partition coefficient (Wildman–Crippen LogP) is 21.5. The van der Waals surface area contributed by atoms with Crippen LogP contribution in [-0.4, -0.2) is 21.1 Å². The Labute approximate surface area is 484 Å². The lowest BCUT2D eigenvalue weighted by molar-refractivity contribution is 1.21.